The van der Waals surface area contributed by atoms with Gasteiger partial charge in [-0.2, -0.15) is 5.10 Å². The Balaban J connectivity index is 2.11. The summed E-state index contributed by atoms with van der Waals surface area (Å²) in [5.41, 5.74) is 3.34. The molecule has 90 valence electrons. The van der Waals surface area contributed by atoms with Crippen LogP contribution in [0, 0.1) is 10.1 Å². The first kappa shape index (κ1) is 11.7. The van der Waals surface area contributed by atoms with Crippen LogP contribution in [0.3, 0.4) is 0 Å². The van der Waals surface area contributed by atoms with Crippen molar-refractivity contribution in [1.82, 2.24) is 4.98 Å². The lowest BCUT2D eigenvalue weighted by molar-refractivity contribution is -0.384. The van der Waals surface area contributed by atoms with E-state index in [1.54, 1.807) is 6.21 Å². The van der Waals surface area contributed by atoms with E-state index in [-0.39, 0.29) is 11.5 Å². The maximum absolute atomic E-state index is 10.7. The van der Waals surface area contributed by atoms with E-state index in [0.29, 0.717) is 0 Å². The lowest BCUT2D eigenvalue weighted by Crippen LogP contribution is -1.98. The summed E-state index contributed by atoms with van der Waals surface area (Å²) in [6.07, 6.45) is 3.03. The molecule has 18 heavy (non-hydrogen) atoms. The third-order valence-electron chi connectivity index (χ3n) is 2.17. The summed E-state index contributed by atoms with van der Waals surface area (Å²) >= 11 is 0. The highest BCUT2D eigenvalue weighted by Crippen LogP contribution is 2.19. The van der Waals surface area contributed by atoms with Gasteiger partial charge in [-0.15, -0.1) is 0 Å². The Morgan fingerprint density at radius 2 is 2.00 bits per heavy atom. The van der Waals surface area contributed by atoms with Gasteiger partial charge in [0.05, 0.1) is 11.1 Å². The van der Waals surface area contributed by atoms with Crippen LogP contribution in [0.1, 0.15) is 5.56 Å². The number of anilines is 1. The number of nitro groups is 1. The molecule has 0 unspecified atom stereocenters. The fourth-order valence-electron chi connectivity index (χ4n) is 1.34. The van der Waals surface area contributed by atoms with Crippen molar-refractivity contribution in [2.45, 2.75) is 0 Å². The van der Waals surface area contributed by atoms with E-state index in [2.05, 4.69) is 15.5 Å². The van der Waals surface area contributed by atoms with E-state index in [4.69, 9.17) is 0 Å². The molecule has 2 aromatic rings. The number of aromatic nitrogens is 1. The minimum Gasteiger partial charge on any atom is -0.258 e. The number of nitrogens with one attached hydrogen (secondary N) is 1. The Labute approximate surface area is 103 Å². The molecule has 6 nitrogen and oxygen atoms in total. The average Bonchev–Trinajstić information content (AvgIpc) is 2.40. The van der Waals surface area contributed by atoms with Crippen LogP contribution < -0.4 is 5.43 Å². The fourth-order valence-corrected chi connectivity index (χ4v) is 1.34. The molecule has 0 radical (unpaired) electrons. The second-order valence-electron chi connectivity index (χ2n) is 3.41. The quantitative estimate of drug-likeness (QED) is 0.507. The molecule has 0 aliphatic carbocycles. The van der Waals surface area contributed by atoms with Crippen LogP contribution in [0.15, 0.2) is 53.8 Å². The Hall–Kier alpha value is -2.76. The third-order valence-corrected chi connectivity index (χ3v) is 2.17. The Bertz CT molecular complexity index is 569. The normalized spacial score (nSPS) is 10.4. The van der Waals surface area contributed by atoms with Crippen LogP contribution in [0.5, 0.6) is 0 Å². The SMILES string of the molecule is O=[N+]([O-])c1cccnc1N/N=C\c1ccccc1. The standard InChI is InChI=1S/C12H10N4O2/c17-16(18)11-7-4-8-13-12(11)15-14-9-10-5-2-1-3-6-10/h1-9H,(H,13,15)/b14-9-. The smallest absolute Gasteiger partial charge is 0.258 e. The summed E-state index contributed by atoms with van der Waals surface area (Å²) in [5.74, 6) is 0.120. The lowest BCUT2D eigenvalue weighted by atomic mass is 10.2. The van der Waals surface area contributed by atoms with Gasteiger partial charge < -0.3 is 0 Å². The fraction of sp³-hybridized carbons (Fsp3) is 0. The highest BCUT2D eigenvalue weighted by molar-refractivity contribution is 5.80. The van der Waals surface area contributed by atoms with Crippen molar-refractivity contribution in [2.75, 3.05) is 5.43 Å². The van der Waals surface area contributed by atoms with Gasteiger partial charge in [0.1, 0.15) is 0 Å². The number of nitrogens with zero attached hydrogens (tertiary/aromatic N) is 3. The van der Waals surface area contributed by atoms with E-state index in [1.165, 1.54) is 18.3 Å². The van der Waals surface area contributed by atoms with E-state index in [1.807, 2.05) is 30.3 Å². The van der Waals surface area contributed by atoms with E-state index in [0.717, 1.165) is 5.56 Å². The van der Waals surface area contributed by atoms with Gasteiger partial charge in [0.25, 0.3) is 0 Å². The Morgan fingerprint density at radius 3 is 2.72 bits per heavy atom. The van der Waals surface area contributed by atoms with Crippen LogP contribution in [0.2, 0.25) is 0 Å². The first-order valence-electron chi connectivity index (χ1n) is 5.21. The molecule has 1 heterocycles. The number of hydrogen-bond acceptors (Lipinski definition) is 5. The van der Waals surface area contributed by atoms with Crippen molar-refractivity contribution in [3.63, 3.8) is 0 Å². The molecular formula is C12H10N4O2. The van der Waals surface area contributed by atoms with Crippen molar-refractivity contribution >= 4 is 17.7 Å². The number of pyridine rings is 1. The van der Waals surface area contributed by atoms with Crippen molar-refractivity contribution in [3.8, 4) is 0 Å². The summed E-state index contributed by atoms with van der Waals surface area (Å²) in [7, 11) is 0. The van der Waals surface area contributed by atoms with Gasteiger partial charge in [-0.25, -0.2) is 4.98 Å². The second-order valence-corrected chi connectivity index (χ2v) is 3.41. The first-order chi connectivity index (χ1) is 8.77. The van der Waals surface area contributed by atoms with E-state index < -0.39 is 4.92 Å². The van der Waals surface area contributed by atoms with E-state index in [9.17, 15) is 10.1 Å². The van der Waals surface area contributed by atoms with Gasteiger partial charge in [-0.3, -0.25) is 15.5 Å². The number of hydrazone groups is 1. The molecule has 1 aromatic heterocycles. The van der Waals surface area contributed by atoms with Crippen LogP contribution in [-0.2, 0) is 0 Å². The van der Waals surface area contributed by atoms with Gasteiger partial charge in [0.2, 0.25) is 5.82 Å². The molecule has 2 rings (SSSR count). The monoisotopic (exact) mass is 242 g/mol. The molecule has 0 fully saturated rings. The topological polar surface area (TPSA) is 80.4 Å². The Morgan fingerprint density at radius 1 is 1.22 bits per heavy atom. The minimum atomic E-state index is -0.507. The molecule has 0 saturated carbocycles. The van der Waals surface area contributed by atoms with Gasteiger partial charge in [-0.05, 0) is 11.6 Å². The molecule has 6 heteroatoms. The number of rotatable bonds is 4. The maximum atomic E-state index is 10.7. The summed E-state index contributed by atoms with van der Waals surface area (Å²) in [6.45, 7) is 0. The maximum Gasteiger partial charge on any atom is 0.313 e. The predicted molar refractivity (Wildman–Crippen MR) is 68.6 cm³/mol. The summed E-state index contributed by atoms with van der Waals surface area (Å²) in [6, 6.07) is 12.3. The zero-order chi connectivity index (χ0) is 12.8. The lowest BCUT2D eigenvalue weighted by Gasteiger charge is -1.99. The summed E-state index contributed by atoms with van der Waals surface area (Å²) in [4.78, 5) is 14.1. The van der Waals surface area contributed by atoms with Gasteiger partial charge in [0.15, 0.2) is 0 Å². The molecule has 0 aliphatic heterocycles. The van der Waals surface area contributed by atoms with Crippen molar-refractivity contribution in [1.29, 1.82) is 0 Å². The molecule has 0 amide bonds. The molecule has 0 spiro atoms. The molecule has 0 bridgehead atoms. The summed E-state index contributed by atoms with van der Waals surface area (Å²) < 4.78 is 0. The van der Waals surface area contributed by atoms with Crippen LogP contribution in [0.4, 0.5) is 11.5 Å². The largest absolute Gasteiger partial charge is 0.313 e. The van der Waals surface area contributed by atoms with Gasteiger partial charge in [-0.1, -0.05) is 30.3 Å². The molecule has 1 N–H and O–H groups in total. The van der Waals surface area contributed by atoms with Crippen LogP contribution in [-0.4, -0.2) is 16.1 Å². The summed E-state index contributed by atoms with van der Waals surface area (Å²) in [5, 5.41) is 14.6. The molecule has 0 saturated heterocycles. The highest BCUT2D eigenvalue weighted by atomic mass is 16.6. The number of benzene rings is 1. The predicted octanol–water partition coefficient (Wildman–Crippen LogP) is 2.44. The zero-order valence-electron chi connectivity index (χ0n) is 9.35. The molecular weight excluding hydrogens is 232 g/mol. The first-order valence-corrected chi connectivity index (χ1v) is 5.21. The van der Waals surface area contributed by atoms with Crippen molar-refractivity contribution < 1.29 is 4.92 Å². The zero-order valence-corrected chi connectivity index (χ0v) is 9.35. The molecule has 0 aliphatic rings. The van der Waals surface area contributed by atoms with Crippen LogP contribution >= 0.6 is 0 Å². The van der Waals surface area contributed by atoms with Crippen molar-refractivity contribution in [3.05, 3.63) is 64.3 Å². The second kappa shape index (κ2) is 5.53. The van der Waals surface area contributed by atoms with Gasteiger partial charge >= 0.3 is 5.69 Å². The average molecular weight is 242 g/mol. The molecule has 1 aromatic carbocycles. The Kier molecular flexibility index (Phi) is 3.60. The van der Waals surface area contributed by atoms with Crippen LogP contribution in [0.25, 0.3) is 0 Å². The highest BCUT2D eigenvalue weighted by Gasteiger charge is 2.12. The molecule has 0 atom stereocenters. The number of hydrogen-bond donors (Lipinski definition) is 1. The third kappa shape index (κ3) is 2.88. The van der Waals surface area contributed by atoms with Crippen molar-refractivity contribution in [2.24, 2.45) is 5.10 Å². The van der Waals surface area contributed by atoms with Gasteiger partial charge in [0, 0.05) is 12.3 Å². The minimum absolute atomic E-state index is 0.109. The van der Waals surface area contributed by atoms with E-state index >= 15 is 0 Å².